The number of carbonyl (C=O) groups is 1. The van der Waals surface area contributed by atoms with E-state index in [1.165, 1.54) is 12.8 Å². The topological polar surface area (TPSA) is 58.6 Å². The van der Waals surface area contributed by atoms with Crippen LogP contribution in [0.3, 0.4) is 0 Å². The molecule has 2 fully saturated rings. The van der Waals surface area contributed by atoms with Crippen LogP contribution < -0.4 is 5.32 Å². The van der Waals surface area contributed by atoms with E-state index < -0.39 is 5.97 Å². The summed E-state index contributed by atoms with van der Waals surface area (Å²) in [5.41, 5.74) is 1.39. The van der Waals surface area contributed by atoms with Crippen molar-refractivity contribution in [2.75, 3.05) is 6.61 Å². The predicted molar refractivity (Wildman–Crippen MR) is 78.8 cm³/mol. The molecular weight excluding hydrogens is 322 g/mol. The first-order chi connectivity index (χ1) is 9.65. The average Bonchev–Trinajstić information content (AvgIpc) is 3.16. The number of halogens is 1. The number of aromatic carboxylic acids is 1. The maximum Gasteiger partial charge on any atom is 0.335 e. The molecule has 2 unspecified atom stereocenters. The average molecular weight is 340 g/mol. The third-order valence-electron chi connectivity index (χ3n) is 4.08. The number of nitrogens with one attached hydrogen (secondary N) is 1. The summed E-state index contributed by atoms with van der Waals surface area (Å²) in [6, 6.07) is 5.59. The molecule has 2 atom stereocenters. The van der Waals surface area contributed by atoms with Crippen LogP contribution in [0.1, 0.15) is 35.2 Å². The van der Waals surface area contributed by atoms with Crippen LogP contribution in [0.15, 0.2) is 22.7 Å². The van der Waals surface area contributed by atoms with E-state index in [9.17, 15) is 4.79 Å². The summed E-state index contributed by atoms with van der Waals surface area (Å²) >= 11 is 3.45. The summed E-state index contributed by atoms with van der Waals surface area (Å²) < 4.78 is 6.65. The van der Waals surface area contributed by atoms with Crippen LogP contribution in [0.2, 0.25) is 0 Å². The molecule has 0 bridgehead atoms. The number of hydrogen-bond acceptors (Lipinski definition) is 3. The lowest BCUT2D eigenvalue weighted by atomic mass is 10.1. The van der Waals surface area contributed by atoms with E-state index in [1.807, 2.05) is 6.07 Å². The molecule has 1 saturated carbocycles. The first-order valence-corrected chi connectivity index (χ1v) is 7.81. The van der Waals surface area contributed by atoms with Gasteiger partial charge in [0.2, 0.25) is 0 Å². The summed E-state index contributed by atoms with van der Waals surface area (Å²) in [5.74, 6) is -0.156. The van der Waals surface area contributed by atoms with Crippen molar-refractivity contribution in [1.29, 1.82) is 0 Å². The van der Waals surface area contributed by atoms with Gasteiger partial charge in [-0.05, 0) is 42.9 Å². The molecule has 108 valence electrons. The van der Waals surface area contributed by atoms with E-state index in [-0.39, 0.29) is 0 Å². The maximum absolute atomic E-state index is 10.9. The quantitative estimate of drug-likeness (QED) is 0.865. The third-order valence-corrected chi connectivity index (χ3v) is 4.82. The van der Waals surface area contributed by atoms with Crippen LogP contribution >= 0.6 is 15.9 Å². The highest BCUT2D eigenvalue weighted by atomic mass is 79.9. The minimum Gasteiger partial charge on any atom is -0.478 e. The third kappa shape index (κ3) is 3.05. The molecule has 0 radical (unpaired) electrons. The minimum absolute atomic E-state index is 0.306. The summed E-state index contributed by atoms with van der Waals surface area (Å²) in [7, 11) is 0. The lowest BCUT2D eigenvalue weighted by Crippen LogP contribution is -2.37. The van der Waals surface area contributed by atoms with Crippen molar-refractivity contribution in [2.24, 2.45) is 5.92 Å². The fourth-order valence-corrected chi connectivity index (χ4v) is 3.30. The summed E-state index contributed by atoms with van der Waals surface area (Å²) in [6.45, 7) is 1.58. The number of carboxylic acids is 1. The van der Waals surface area contributed by atoms with Crippen molar-refractivity contribution in [3.05, 3.63) is 33.8 Å². The highest BCUT2D eigenvalue weighted by Gasteiger charge is 2.40. The molecule has 0 spiro atoms. The van der Waals surface area contributed by atoms with Crippen LogP contribution in [0.4, 0.5) is 0 Å². The molecule has 5 heteroatoms. The summed E-state index contributed by atoms with van der Waals surface area (Å²) in [6.07, 6.45) is 4.01. The normalized spacial score (nSPS) is 25.9. The smallest absolute Gasteiger partial charge is 0.335 e. The monoisotopic (exact) mass is 339 g/mol. The molecule has 2 aliphatic rings. The molecule has 1 aliphatic carbocycles. The van der Waals surface area contributed by atoms with E-state index in [0.717, 1.165) is 35.5 Å². The SMILES string of the molecule is O=C(O)c1ccc(CNC2CCOC2C2CC2)c(Br)c1. The summed E-state index contributed by atoms with van der Waals surface area (Å²) in [5, 5.41) is 12.5. The molecule has 1 heterocycles. The first kappa shape index (κ1) is 14.0. The number of carboxylic acid groups (broad SMARTS) is 1. The van der Waals surface area contributed by atoms with Gasteiger partial charge in [-0.1, -0.05) is 22.0 Å². The second kappa shape index (κ2) is 5.84. The Morgan fingerprint density at radius 1 is 1.40 bits per heavy atom. The molecule has 0 aromatic heterocycles. The van der Waals surface area contributed by atoms with Crippen LogP contribution in [-0.4, -0.2) is 29.8 Å². The molecule has 1 saturated heterocycles. The van der Waals surface area contributed by atoms with Gasteiger partial charge in [0.1, 0.15) is 0 Å². The van der Waals surface area contributed by atoms with E-state index in [4.69, 9.17) is 9.84 Å². The fourth-order valence-electron chi connectivity index (χ4n) is 2.78. The van der Waals surface area contributed by atoms with Gasteiger partial charge in [-0.2, -0.15) is 0 Å². The Morgan fingerprint density at radius 2 is 2.20 bits per heavy atom. The van der Waals surface area contributed by atoms with Gasteiger partial charge in [-0.3, -0.25) is 0 Å². The van der Waals surface area contributed by atoms with Crippen molar-refractivity contribution in [3.63, 3.8) is 0 Å². The summed E-state index contributed by atoms with van der Waals surface area (Å²) in [4.78, 5) is 10.9. The second-order valence-electron chi connectivity index (χ2n) is 5.56. The second-order valence-corrected chi connectivity index (χ2v) is 6.41. The molecule has 3 rings (SSSR count). The molecule has 1 aromatic rings. The van der Waals surface area contributed by atoms with Gasteiger partial charge in [0.05, 0.1) is 11.7 Å². The largest absolute Gasteiger partial charge is 0.478 e. The van der Waals surface area contributed by atoms with Crippen molar-refractivity contribution >= 4 is 21.9 Å². The van der Waals surface area contributed by atoms with Crippen LogP contribution in [0, 0.1) is 5.92 Å². The van der Waals surface area contributed by atoms with E-state index >= 15 is 0 Å². The van der Waals surface area contributed by atoms with E-state index in [2.05, 4.69) is 21.2 Å². The fraction of sp³-hybridized carbons (Fsp3) is 0.533. The lowest BCUT2D eigenvalue weighted by Gasteiger charge is -2.20. The number of benzene rings is 1. The zero-order valence-corrected chi connectivity index (χ0v) is 12.7. The van der Waals surface area contributed by atoms with Crippen LogP contribution in [-0.2, 0) is 11.3 Å². The molecular formula is C15H18BrNO3. The van der Waals surface area contributed by atoms with Crippen molar-refractivity contribution in [1.82, 2.24) is 5.32 Å². The molecule has 20 heavy (non-hydrogen) atoms. The highest BCUT2D eigenvalue weighted by molar-refractivity contribution is 9.10. The van der Waals surface area contributed by atoms with Gasteiger partial charge in [0.15, 0.2) is 0 Å². The Kier molecular flexibility index (Phi) is 4.10. The van der Waals surface area contributed by atoms with Gasteiger partial charge >= 0.3 is 5.97 Å². The minimum atomic E-state index is -0.900. The number of hydrogen-bond donors (Lipinski definition) is 2. The Hall–Kier alpha value is -0.910. The Balaban J connectivity index is 1.61. The zero-order chi connectivity index (χ0) is 14.1. The van der Waals surface area contributed by atoms with Crippen molar-refractivity contribution in [2.45, 2.75) is 38.0 Å². The number of ether oxygens (including phenoxy) is 1. The molecule has 1 aliphatic heterocycles. The van der Waals surface area contributed by atoms with Gasteiger partial charge in [0.25, 0.3) is 0 Å². The van der Waals surface area contributed by atoms with Crippen LogP contribution in [0.25, 0.3) is 0 Å². The van der Waals surface area contributed by atoms with Crippen LogP contribution in [0.5, 0.6) is 0 Å². The van der Waals surface area contributed by atoms with Gasteiger partial charge in [-0.15, -0.1) is 0 Å². The maximum atomic E-state index is 10.9. The first-order valence-electron chi connectivity index (χ1n) is 7.02. The Labute approximate surface area is 126 Å². The molecule has 2 N–H and O–H groups in total. The van der Waals surface area contributed by atoms with E-state index in [0.29, 0.717) is 17.7 Å². The standard InChI is InChI=1S/C15H18BrNO3/c16-12-7-10(15(18)19)3-4-11(12)8-17-13-5-6-20-14(13)9-1-2-9/h3-4,7,9,13-14,17H,1-2,5-6,8H2,(H,18,19). The molecule has 1 aromatic carbocycles. The Bertz CT molecular complexity index is 516. The highest BCUT2D eigenvalue weighted by Crippen LogP contribution is 2.38. The van der Waals surface area contributed by atoms with Gasteiger partial charge < -0.3 is 15.2 Å². The van der Waals surface area contributed by atoms with Crippen molar-refractivity contribution in [3.8, 4) is 0 Å². The van der Waals surface area contributed by atoms with Gasteiger partial charge in [0, 0.05) is 23.7 Å². The Morgan fingerprint density at radius 3 is 2.85 bits per heavy atom. The molecule has 4 nitrogen and oxygen atoms in total. The zero-order valence-electron chi connectivity index (χ0n) is 11.1. The van der Waals surface area contributed by atoms with Crippen molar-refractivity contribution < 1.29 is 14.6 Å². The number of rotatable bonds is 5. The molecule has 0 amide bonds. The predicted octanol–water partition coefficient (Wildman–Crippen LogP) is 2.80. The van der Waals surface area contributed by atoms with E-state index in [1.54, 1.807) is 12.1 Å². The van der Waals surface area contributed by atoms with Gasteiger partial charge in [-0.25, -0.2) is 4.79 Å². The lowest BCUT2D eigenvalue weighted by molar-refractivity contribution is 0.0697.